The van der Waals surface area contributed by atoms with Crippen LogP contribution in [0, 0.1) is 6.92 Å². The molecule has 4 heteroatoms. The van der Waals surface area contributed by atoms with Gasteiger partial charge < -0.3 is 0 Å². The first kappa shape index (κ1) is 12.4. The average Bonchev–Trinajstić information content (AvgIpc) is 2.40. The van der Waals surface area contributed by atoms with Crippen LogP contribution < -0.4 is 0 Å². The number of hydrogen-bond donors (Lipinski definition) is 0. The fourth-order valence-electron chi connectivity index (χ4n) is 2.01. The number of fused-ring (bicyclic) bond motifs is 1. The van der Waals surface area contributed by atoms with E-state index in [0.717, 1.165) is 22.0 Å². The highest BCUT2D eigenvalue weighted by Gasteiger charge is 2.09. The van der Waals surface area contributed by atoms with Crippen molar-refractivity contribution in [1.29, 1.82) is 0 Å². The van der Waals surface area contributed by atoms with E-state index < -0.39 is 0 Å². The van der Waals surface area contributed by atoms with E-state index >= 15 is 0 Å². The maximum absolute atomic E-state index is 6.24. The molecule has 0 aliphatic heterocycles. The second-order valence-corrected chi connectivity index (χ2v) is 5.11. The van der Waals surface area contributed by atoms with E-state index in [1.807, 2.05) is 49.4 Å². The SMILES string of the molecule is Cc1cccc2c(Cl)nc(-c3cccc(Cl)c3)nc12. The molecule has 1 aromatic heterocycles. The molecule has 0 saturated heterocycles. The van der Waals surface area contributed by atoms with Crippen LogP contribution in [-0.4, -0.2) is 9.97 Å². The van der Waals surface area contributed by atoms with E-state index in [1.165, 1.54) is 0 Å². The molecule has 0 aliphatic carbocycles. The summed E-state index contributed by atoms with van der Waals surface area (Å²) in [4.78, 5) is 8.94. The highest BCUT2D eigenvalue weighted by Crippen LogP contribution is 2.27. The Balaban J connectivity index is 2.29. The molecule has 0 saturated carbocycles. The molecule has 3 aromatic rings. The predicted octanol–water partition coefficient (Wildman–Crippen LogP) is 4.91. The first-order valence-electron chi connectivity index (χ1n) is 5.84. The lowest BCUT2D eigenvalue weighted by atomic mass is 10.1. The molecule has 0 unspecified atom stereocenters. The van der Waals surface area contributed by atoms with Gasteiger partial charge in [0.1, 0.15) is 5.15 Å². The Bertz CT molecular complexity index is 769. The third-order valence-electron chi connectivity index (χ3n) is 2.96. The van der Waals surface area contributed by atoms with Gasteiger partial charge in [0.05, 0.1) is 5.52 Å². The summed E-state index contributed by atoms with van der Waals surface area (Å²) in [5.74, 6) is 0.592. The molecule has 0 N–H and O–H groups in total. The zero-order chi connectivity index (χ0) is 13.4. The summed E-state index contributed by atoms with van der Waals surface area (Å²) >= 11 is 12.2. The first-order chi connectivity index (χ1) is 9.15. The fraction of sp³-hybridized carbons (Fsp3) is 0.0667. The largest absolute Gasteiger partial charge is 0.228 e. The Morgan fingerprint density at radius 3 is 2.53 bits per heavy atom. The Hall–Kier alpha value is -1.64. The van der Waals surface area contributed by atoms with Crippen LogP contribution >= 0.6 is 23.2 Å². The van der Waals surface area contributed by atoms with Gasteiger partial charge in [0.2, 0.25) is 0 Å². The van der Waals surface area contributed by atoms with E-state index in [1.54, 1.807) is 0 Å². The van der Waals surface area contributed by atoms with E-state index in [-0.39, 0.29) is 0 Å². The van der Waals surface area contributed by atoms with Gasteiger partial charge in [0.25, 0.3) is 0 Å². The summed E-state index contributed by atoms with van der Waals surface area (Å²) in [6.45, 7) is 2.01. The van der Waals surface area contributed by atoms with Crippen LogP contribution in [-0.2, 0) is 0 Å². The number of hydrogen-bond acceptors (Lipinski definition) is 2. The molecule has 2 aromatic carbocycles. The second-order valence-electron chi connectivity index (χ2n) is 4.32. The minimum atomic E-state index is 0.462. The van der Waals surface area contributed by atoms with Crippen molar-refractivity contribution >= 4 is 34.1 Å². The van der Waals surface area contributed by atoms with Gasteiger partial charge in [-0.05, 0) is 30.7 Å². The summed E-state index contributed by atoms with van der Waals surface area (Å²) in [7, 11) is 0. The smallest absolute Gasteiger partial charge is 0.161 e. The van der Waals surface area contributed by atoms with Crippen molar-refractivity contribution in [3.05, 3.63) is 58.2 Å². The Morgan fingerprint density at radius 1 is 0.947 bits per heavy atom. The van der Waals surface area contributed by atoms with Crippen LogP contribution in [0.25, 0.3) is 22.3 Å². The first-order valence-corrected chi connectivity index (χ1v) is 6.59. The molecule has 0 spiro atoms. The van der Waals surface area contributed by atoms with Crippen LogP contribution in [0.3, 0.4) is 0 Å². The van der Waals surface area contributed by atoms with Crippen molar-refractivity contribution in [1.82, 2.24) is 9.97 Å². The van der Waals surface area contributed by atoms with Crippen molar-refractivity contribution in [2.24, 2.45) is 0 Å². The van der Waals surface area contributed by atoms with Crippen LogP contribution in [0.5, 0.6) is 0 Å². The topological polar surface area (TPSA) is 25.8 Å². The van der Waals surface area contributed by atoms with Gasteiger partial charge in [-0.15, -0.1) is 0 Å². The van der Waals surface area contributed by atoms with E-state index in [4.69, 9.17) is 23.2 Å². The summed E-state index contributed by atoms with van der Waals surface area (Å²) in [6.07, 6.45) is 0. The number of rotatable bonds is 1. The lowest BCUT2D eigenvalue weighted by molar-refractivity contribution is 1.22. The van der Waals surface area contributed by atoms with Crippen LogP contribution in [0.1, 0.15) is 5.56 Å². The van der Waals surface area contributed by atoms with Crippen molar-refractivity contribution in [2.75, 3.05) is 0 Å². The van der Waals surface area contributed by atoms with Gasteiger partial charge in [-0.2, -0.15) is 0 Å². The molecule has 94 valence electrons. The van der Waals surface area contributed by atoms with Crippen molar-refractivity contribution in [3.8, 4) is 11.4 Å². The zero-order valence-electron chi connectivity index (χ0n) is 10.2. The standard InChI is InChI=1S/C15H10Cl2N2/c1-9-4-2-7-12-13(9)18-15(19-14(12)17)10-5-3-6-11(16)8-10/h2-8H,1H3. The number of benzene rings is 2. The molecule has 2 nitrogen and oxygen atoms in total. The summed E-state index contributed by atoms with van der Waals surface area (Å²) in [5, 5.41) is 1.98. The maximum Gasteiger partial charge on any atom is 0.161 e. The number of para-hydroxylation sites is 1. The minimum absolute atomic E-state index is 0.462. The lowest BCUT2D eigenvalue weighted by Crippen LogP contribution is -1.93. The zero-order valence-corrected chi connectivity index (χ0v) is 11.7. The van der Waals surface area contributed by atoms with E-state index in [0.29, 0.717) is 16.0 Å². The van der Waals surface area contributed by atoms with Gasteiger partial charge >= 0.3 is 0 Å². The quantitative estimate of drug-likeness (QED) is 0.595. The van der Waals surface area contributed by atoms with Crippen molar-refractivity contribution in [3.63, 3.8) is 0 Å². The number of aryl methyl sites for hydroxylation is 1. The van der Waals surface area contributed by atoms with Gasteiger partial charge in [0, 0.05) is 16.0 Å². The summed E-state index contributed by atoms with van der Waals surface area (Å²) in [6, 6.07) is 13.3. The molecule has 0 atom stereocenters. The normalized spacial score (nSPS) is 10.9. The molecule has 0 fully saturated rings. The molecule has 19 heavy (non-hydrogen) atoms. The Morgan fingerprint density at radius 2 is 1.74 bits per heavy atom. The summed E-state index contributed by atoms with van der Waals surface area (Å²) in [5.41, 5.74) is 2.81. The third-order valence-corrected chi connectivity index (χ3v) is 3.49. The third kappa shape index (κ3) is 2.29. The highest BCUT2D eigenvalue weighted by atomic mass is 35.5. The van der Waals surface area contributed by atoms with E-state index in [9.17, 15) is 0 Å². The minimum Gasteiger partial charge on any atom is -0.228 e. The molecule has 0 bridgehead atoms. The molecule has 1 heterocycles. The van der Waals surface area contributed by atoms with Gasteiger partial charge in [-0.25, -0.2) is 9.97 Å². The Kier molecular flexibility index (Phi) is 3.13. The lowest BCUT2D eigenvalue weighted by Gasteiger charge is -2.06. The van der Waals surface area contributed by atoms with Gasteiger partial charge in [0.15, 0.2) is 5.82 Å². The van der Waals surface area contributed by atoms with Crippen LogP contribution in [0.2, 0.25) is 10.2 Å². The molecule has 0 aliphatic rings. The number of halogens is 2. The molecule has 3 rings (SSSR count). The van der Waals surface area contributed by atoms with Crippen molar-refractivity contribution < 1.29 is 0 Å². The van der Waals surface area contributed by atoms with Gasteiger partial charge in [-0.3, -0.25) is 0 Å². The highest BCUT2D eigenvalue weighted by molar-refractivity contribution is 6.34. The fourth-order valence-corrected chi connectivity index (χ4v) is 2.44. The maximum atomic E-state index is 6.24. The monoisotopic (exact) mass is 288 g/mol. The molecule has 0 amide bonds. The van der Waals surface area contributed by atoms with Crippen LogP contribution in [0.4, 0.5) is 0 Å². The van der Waals surface area contributed by atoms with Crippen LogP contribution in [0.15, 0.2) is 42.5 Å². The average molecular weight is 289 g/mol. The predicted molar refractivity (Wildman–Crippen MR) is 79.7 cm³/mol. The van der Waals surface area contributed by atoms with E-state index in [2.05, 4.69) is 9.97 Å². The molecular formula is C15H10Cl2N2. The molecule has 0 radical (unpaired) electrons. The second kappa shape index (κ2) is 4.80. The summed E-state index contributed by atoms with van der Waals surface area (Å²) < 4.78 is 0. The Labute approximate surface area is 121 Å². The number of aromatic nitrogens is 2. The number of nitrogens with zero attached hydrogens (tertiary/aromatic N) is 2. The molecular weight excluding hydrogens is 279 g/mol. The van der Waals surface area contributed by atoms with Crippen molar-refractivity contribution in [2.45, 2.75) is 6.92 Å². The van der Waals surface area contributed by atoms with Gasteiger partial charge in [-0.1, -0.05) is 47.5 Å².